The van der Waals surface area contributed by atoms with Crippen molar-refractivity contribution in [1.29, 1.82) is 0 Å². The van der Waals surface area contributed by atoms with Gasteiger partial charge in [0.05, 0.1) is 33.0 Å². The van der Waals surface area contributed by atoms with Crippen molar-refractivity contribution in [2.75, 3.05) is 27.9 Å². The molecule has 5 nitrogen and oxygen atoms in total. The van der Waals surface area contributed by atoms with Crippen LogP contribution in [0, 0.1) is 0 Å². The molecule has 0 aromatic heterocycles. The van der Waals surface area contributed by atoms with Gasteiger partial charge in [0.2, 0.25) is 0 Å². The van der Waals surface area contributed by atoms with Crippen molar-refractivity contribution in [3.8, 4) is 17.2 Å². The minimum Gasteiger partial charge on any atom is -0.496 e. The summed E-state index contributed by atoms with van der Waals surface area (Å²) in [6, 6.07) is 3.39. The Kier molecular flexibility index (Phi) is 5.74. The maximum Gasteiger partial charge on any atom is 0.132 e. The van der Waals surface area contributed by atoms with Crippen LogP contribution in [0.25, 0.3) is 0 Å². The van der Waals surface area contributed by atoms with Gasteiger partial charge in [-0.25, -0.2) is 0 Å². The summed E-state index contributed by atoms with van der Waals surface area (Å²) in [7, 11) is 4.60. The van der Waals surface area contributed by atoms with Gasteiger partial charge < -0.3 is 24.4 Å². The molecule has 1 rings (SSSR count). The maximum absolute atomic E-state index is 10.1. The number of rotatable bonds is 7. The maximum atomic E-state index is 10.1. The molecule has 0 aliphatic heterocycles. The highest BCUT2D eigenvalue weighted by atomic mass is 16.5. The van der Waals surface area contributed by atoms with Gasteiger partial charge >= 0.3 is 0 Å². The lowest BCUT2D eigenvalue weighted by Crippen LogP contribution is -2.05. The lowest BCUT2D eigenvalue weighted by molar-refractivity contribution is 0.144. The van der Waals surface area contributed by atoms with Crippen LogP contribution in [0.1, 0.15) is 24.5 Å². The van der Waals surface area contributed by atoms with Crippen molar-refractivity contribution in [2.45, 2.75) is 18.9 Å². The second-order valence-corrected chi connectivity index (χ2v) is 3.83. The molecule has 0 spiro atoms. The zero-order valence-electron chi connectivity index (χ0n) is 11.0. The Morgan fingerprint density at radius 1 is 1.06 bits per heavy atom. The first-order valence-electron chi connectivity index (χ1n) is 5.76. The fraction of sp³-hybridized carbons (Fsp3) is 0.538. The molecule has 5 heteroatoms. The summed E-state index contributed by atoms with van der Waals surface area (Å²) in [5, 5.41) is 18.9. The Labute approximate surface area is 107 Å². The van der Waals surface area contributed by atoms with E-state index < -0.39 is 6.10 Å². The third-order valence-electron chi connectivity index (χ3n) is 2.72. The largest absolute Gasteiger partial charge is 0.496 e. The summed E-state index contributed by atoms with van der Waals surface area (Å²) in [5.41, 5.74) is 0.578. The van der Waals surface area contributed by atoms with Crippen LogP contribution in [0.5, 0.6) is 17.2 Å². The van der Waals surface area contributed by atoms with Gasteiger partial charge in [-0.15, -0.1) is 0 Å². The van der Waals surface area contributed by atoms with Gasteiger partial charge in [0.25, 0.3) is 0 Å². The van der Waals surface area contributed by atoms with Gasteiger partial charge in [0.1, 0.15) is 17.2 Å². The van der Waals surface area contributed by atoms with Gasteiger partial charge in [-0.2, -0.15) is 0 Å². The molecule has 1 unspecified atom stereocenters. The SMILES string of the molecule is COc1cc(OC)c(C(O)CCCO)c(OC)c1. The van der Waals surface area contributed by atoms with Crippen molar-refractivity contribution in [3.05, 3.63) is 17.7 Å². The van der Waals surface area contributed by atoms with Gasteiger partial charge in [0.15, 0.2) is 0 Å². The summed E-state index contributed by atoms with van der Waals surface area (Å²) >= 11 is 0. The van der Waals surface area contributed by atoms with E-state index in [1.165, 1.54) is 14.2 Å². The minimum absolute atomic E-state index is 0.0395. The molecule has 1 aromatic rings. The average molecular weight is 256 g/mol. The lowest BCUT2D eigenvalue weighted by Gasteiger charge is -2.19. The molecule has 0 radical (unpaired) electrons. The Balaban J connectivity index is 3.13. The molecule has 0 bridgehead atoms. The number of aliphatic hydroxyl groups is 2. The van der Waals surface area contributed by atoms with Crippen molar-refractivity contribution < 1.29 is 24.4 Å². The van der Waals surface area contributed by atoms with E-state index in [2.05, 4.69) is 0 Å². The smallest absolute Gasteiger partial charge is 0.132 e. The number of hydrogen-bond donors (Lipinski definition) is 2. The first kappa shape index (κ1) is 14.6. The van der Waals surface area contributed by atoms with E-state index in [0.717, 1.165) is 0 Å². The molecule has 1 atom stereocenters. The van der Waals surface area contributed by atoms with Crippen molar-refractivity contribution in [3.63, 3.8) is 0 Å². The van der Waals surface area contributed by atoms with E-state index >= 15 is 0 Å². The summed E-state index contributed by atoms with van der Waals surface area (Å²) in [6.07, 6.45) is 0.211. The Hall–Kier alpha value is -1.46. The molecular weight excluding hydrogens is 236 g/mol. The molecule has 1 aromatic carbocycles. The second-order valence-electron chi connectivity index (χ2n) is 3.83. The van der Waals surface area contributed by atoms with Crippen molar-refractivity contribution in [2.24, 2.45) is 0 Å². The predicted molar refractivity (Wildman–Crippen MR) is 67.4 cm³/mol. The monoisotopic (exact) mass is 256 g/mol. The zero-order chi connectivity index (χ0) is 13.5. The third-order valence-corrected chi connectivity index (χ3v) is 2.72. The van der Waals surface area contributed by atoms with Crippen LogP contribution in [0.3, 0.4) is 0 Å². The lowest BCUT2D eigenvalue weighted by atomic mass is 10.0. The number of hydrogen-bond acceptors (Lipinski definition) is 5. The standard InChI is InChI=1S/C13H20O5/c1-16-9-7-11(17-2)13(12(8-9)18-3)10(15)5-4-6-14/h7-8,10,14-15H,4-6H2,1-3H3. The Morgan fingerprint density at radius 2 is 1.61 bits per heavy atom. The number of benzene rings is 1. The second kappa shape index (κ2) is 7.08. The van der Waals surface area contributed by atoms with Gasteiger partial charge in [-0.1, -0.05) is 0 Å². The predicted octanol–water partition coefficient (Wildman–Crippen LogP) is 1.52. The van der Waals surface area contributed by atoms with E-state index in [0.29, 0.717) is 35.7 Å². The van der Waals surface area contributed by atoms with E-state index in [-0.39, 0.29) is 6.61 Å². The van der Waals surface area contributed by atoms with Crippen LogP contribution >= 0.6 is 0 Å². The van der Waals surface area contributed by atoms with Gasteiger partial charge in [-0.3, -0.25) is 0 Å². The normalized spacial score (nSPS) is 12.1. The highest BCUT2D eigenvalue weighted by Crippen LogP contribution is 2.39. The molecule has 0 heterocycles. The van der Waals surface area contributed by atoms with Crippen LogP contribution < -0.4 is 14.2 Å². The summed E-state index contributed by atoms with van der Waals surface area (Å²) in [6.45, 7) is 0.0395. The Bertz CT molecular complexity index is 353. The van der Waals surface area contributed by atoms with E-state index in [1.54, 1.807) is 19.2 Å². The zero-order valence-corrected chi connectivity index (χ0v) is 11.0. The molecule has 0 fully saturated rings. The highest BCUT2D eigenvalue weighted by molar-refractivity contribution is 5.51. The molecule has 0 aliphatic rings. The minimum atomic E-state index is -0.743. The topological polar surface area (TPSA) is 68.2 Å². The highest BCUT2D eigenvalue weighted by Gasteiger charge is 2.20. The quantitative estimate of drug-likeness (QED) is 0.774. The molecule has 2 N–H and O–H groups in total. The van der Waals surface area contributed by atoms with Crippen molar-refractivity contribution >= 4 is 0 Å². The van der Waals surface area contributed by atoms with Gasteiger partial charge in [-0.05, 0) is 12.8 Å². The summed E-state index contributed by atoms with van der Waals surface area (Å²) in [5.74, 6) is 1.62. The fourth-order valence-electron chi connectivity index (χ4n) is 1.79. The molecule has 102 valence electrons. The van der Waals surface area contributed by atoms with Crippen LogP contribution in [0.4, 0.5) is 0 Å². The molecular formula is C13H20O5. The van der Waals surface area contributed by atoms with Crippen LogP contribution in [0.15, 0.2) is 12.1 Å². The van der Waals surface area contributed by atoms with Gasteiger partial charge in [0, 0.05) is 18.7 Å². The molecule has 0 saturated heterocycles. The van der Waals surface area contributed by atoms with E-state index in [1.807, 2.05) is 0 Å². The van der Waals surface area contributed by atoms with E-state index in [4.69, 9.17) is 19.3 Å². The molecule has 0 amide bonds. The fourth-order valence-corrected chi connectivity index (χ4v) is 1.79. The number of ether oxygens (including phenoxy) is 3. The van der Waals surface area contributed by atoms with Crippen LogP contribution in [-0.2, 0) is 0 Å². The van der Waals surface area contributed by atoms with E-state index in [9.17, 15) is 5.11 Å². The molecule has 0 aliphatic carbocycles. The summed E-state index contributed by atoms with van der Waals surface area (Å²) in [4.78, 5) is 0. The van der Waals surface area contributed by atoms with Crippen molar-refractivity contribution in [1.82, 2.24) is 0 Å². The Morgan fingerprint density at radius 3 is 2.00 bits per heavy atom. The number of methoxy groups -OCH3 is 3. The number of aliphatic hydroxyl groups excluding tert-OH is 2. The van der Waals surface area contributed by atoms with Crippen LogP contribution in [-0.4, -0.2) is 38.1 Å². The first-order chi connectivity index (χ1) is 8.67. The third kappa shape index (κ3) is 3.27. The first-order valence-corrected chi connectivity index (χ1v) is 5.76. The van der Waals surface area contributed by atoms with Crippen LogP contribution in [0.2, 0.25) is 0 Å². The average Bonchev–Trinajstić information content (AvgIpc) is 2.42. The molecule has 0 saturated carbocycles. The summed E-state index contributed by atoms with van der Waals surface area (Å²) < 4.78 is 15.6. The molecule has 18 heavy (non-hydrogen) atoms.